The number of nitrogens with one attached hydrogen (secondary N) is 1. The van der Waals surface area contributed by atoms with Crippen molar-refractivity contribution in [2.24, 2.45) is 5.92 Å². The van der Waals surface area contributed by atoms with Crippen molar-refractivity contribution in [2.75, 3.05) is 6.61 Å². The molecule has 1 aliphatic rings. The fourth-order valence-electron chi connectivity index (χ4n) is 1.87. The summed E-state index contributed by atoms with van der Waals surface area (Å²) in [5.41, 5.74) is 1.47. The molecular weight excluding hydrogens is 244 g/mol. The Labute approximate surface area is 110 Å². The van der Waals surface area contributed by atoms with Gasteiger partial charge in [-0.2, -0.15) is 5.10 Å². The lowest BCUT2D eigenvalue weighted by Crippen LogP contribution is -2.00. The van der Waals surface area contributed by atoms with Crippen molar-refractivity contribution in [1.82, 2.24) is 10.2 Å². The number of hydrogen-bond acceptors (Lipinski definition) is 3. The molecule has 0 bridgehead atoms. The maximum absolute atomic E-state index is 10.9. The van der Waals surface area contributed by atoms with Gasteiger partial charge in [-0.3, -0.25) is 5.10 Å². The number of hydrogen-bond donors (Lipinski definition) is 2. The molecule has 5 heteroatoms. The van der Waals surface area contributed by atoms with Crippen LogP contribution in [0.5, 0.6) is 5.75 Å². The Bertz CT molecular complexity index is 602. The predicted octanol–water partition coefficient (Wildman–Crippen LogP) is 2.56. The first-order chi connectivity index (χ1) is 9.24. The summed E-state index contributed by atoms with van der Waals surface area (Å²) in [7, 11) is 0. The van der Waals surface area contributed by atoms with Gasteiger partial charge >= 0.3 is 5.97 Å². The largest absolute Gasteiger partial charge is 0.493 e. The Morgan fingerprint density at radius 2 is 2.21 bits per heavy atom. The van der Waals surface area contributed by atoms with E-state index in [9.17, 15) is 4.79 Å². The SMILES string of the molecule is O=C(O)c1cc(-c2ccccc2OCC2CC2)n[nH]1. The number of aromatic amines is 1. The molecule has 1 heterocycles. The normalized spacial score (nSPS) is 14.3. The number of nitrogens with zero attached hydrogens (tertiary/aromatic N) is 1. The molecule has 2 aromatic rings. The third-order valence-electron chi connectivity index (χ3n) is 3.14. The number of carboxylic acid groups (broad SMARTS) is 1. The highest BCUT2D eigenvalue weighted by molar-refractivity contribution is 5.87. The Morgan fingerprint density at radius 3 is 2.89 bits per heavy atom. The third kappa shape index (κ3) is 2.59. The Morgan fingerprint density at radius 1 is 1.42 bits per heavy atom. The zero-order valence-corrected chi connectivity index (χ0v) is 10.3. The van der Waals surface area contributed by atoms with Gasteiger partial charge in [0.1, 0.15) is 11.4 Å². The van der Waals surface area contributed by atoms with Crippen LogP contribution in [0.3, 0.4) is 0 Å². The fourth-order valence-corrected chi connectivity index (χ4v) is 1.87. The van der Waals surface area contributed by atoms with Gasteiger partial charge in [-0.15, -0.1) is 0 Å². The fraction of sp³-hybridized carbons (Fsp3) is 0.286. The summed E-state index contributed by atoms with van der Waals surface area (Å²) in [6, 6.07) is 9.06. The van der Waals surface area contributed by atoms with E-state index < -0.39 is 5.97 Å². The summed E-state index contributed by atoms with van der Waals surface area (Å²) >= 11 is 0. The molecule has 3 rings (SSSR count). The number of benzene rings is 1. The lowest BCUT2D eigenvalue weighted by molar-refractivity contribution is 0.0690. The van der Waals surface area contributed by atoms with Crippen molar-refractivity contribution in [2.45, 2.75) is 12.8 Å². The van der Waals surface area contributed by atoms with Crippen LogP contribution in [0.2, 0.25) is 0 Å². The quantitative estimate of drug-likeness (QED) is 0.864. The van der Waals surface area contributed by atoms with E-state index in [1.54, 1.807) is 0 Å². The second kappa shape index (κ2) is 4.76. The maximum Gasteiger partial charge on any atom is 0.353 e. The van der Waals surface area contributed by atoms with Crippen LogP contribution in [0.1, 0.15) is 23.3 Å². The summed E-state index contributed by atoms with van der Waals surface area (Å²) in [5.74, 6) is 0.398. The summed E-state index contributed by atoms with van der Waals surface area (Å²) in [6.07, 6.45) is 2.46. The van der Waals surface area contributed by atoms with E-state index in [1.807, 2.05) is 24.3 Å². The Hall–Kier alpha value is -2.30. The molecule has 0 spiro atoms. The molecule has 1 fully saturated rings. The molecule has 0 amide bonds. The van der Waals surface area contributed by atoms with Gasteiger partial charge < -0.3 is 9.84 Å². The van der Waals surface area contributed by atoms with Crippen molar-refractivity contribution in [3.05, 3.63) is 36.0 Å². The summed E-state index contributed by atoms with van der Waals surface area (Å²) < 4.78 is 5.78. The average molecular weight is 258 g/mol. The molecule has 0 radical (unpaired) electrons. The molecule has 1 aromatic heterocycles. The number of carbonyl (C=O) groups is 1. The summed E-state index contributed by atoms with van der Waals surface area (Å²) in [6.45, 7) is 0.715. The molecule has 2 N–H and O–H groups in total. The monoisotopic (exact) mass is 258 g/mol. The summed E-state index contributed by atoms with van der Waals surface area (Å²) in [5, 5.41) is 15.4. The average Bonchev–Trinajstić information content (AvgIpc) is 3.11. The lowest BCUT2D eigenvalue weighted by atomic mass is 10.1. The zero-order valence-electron chi connectivity index (χ0n) is 10.3. The van der Waals surface area contributed by atoms with Crippen LogP contribution in [0, 0.1) is 5.92 Å². The highest BCUT2D eigenvalue weighted by atomic mass is 16.5. The molecule has 0 aliphatic heterocycles. The molecule has 0 atom stereocenters. The van der Waals surface area contributed by atoms with E-state index in [2.05, 4.69) is 10.2 Å². The molecule has 1 saturated carbocycles. The number of aromatic nitrogens is 2. The van der Waals surface area contributed by atoms with E-state index in [1.165, 1.54) is 18.9 Å². The minimum absolute atomic E-state index is 0.0759. The topological polar surface area (TPSA) is 75.2 Å². The first-order valence-corrected chi connectivity index (χ1v) is 6.25. The zero-order chi connectivity index (χ0) is 13.2. The molecule has 1 aromatic carbocycles. The van der Waals surface area contributed by atoms with E-state index in [4.69, 9.17) is 9.84 Å². The first kappa shape index (κ1) is 11.8. The van der Waals surface area contributed by atoms with E-state index in [0.717, 1.165) is 11.3 Å². The van der Waals surface area contributed by atoms with Crippen LogP contribution in [-0.4, -0.2) is 27.9 Å². The van der Waals surface area contributed by atoms with Crippen molar-refractivity contribution >= 4 is 5.97 Å². The lowest BCUT2D eigenvalue weighted by Gasteiger charge is -2.09. The van der Waals surface area contributed by atoms with Gasteiger partial charge in [-0.1, -0.05) is 12.1 Å². The minimum Gasteiger partial charge on any atom is -0.493 e. The van der Waals surface area contributed by atoms with Crippen LogP contribution >= 0.6 is 0 Å². The number of para-hydroxylation sites is 1. The van der Waals surface area contributed by atoms with E-state index >= 15 is 0 Å². The molecule has 98 valence electrons. The van der Waals surface area contributed by atoms with E-state index in [-0.39, 0.29) is 5.69 Å². The number of aromatic carboxylic acids is 1. The number of H-pyrrole nitrogens is 1. The van der Waals surface area contributed by atoms with Gasteiger partial charge in [-0.25, -0.2) is 4.79 Å². The smallest absolute Gasteiger partial charge is 0.353 e. The van der Waals surface area contributed by atoms with Crippen LogP contribution in [0.25, 0.3) is 11.3 Å². The van der Waals surface area contributed by atoms with Crippen LogP contribution in [0.4, 0.5) is 0 Å². The second-order valence-corrected chi connectivity index (χ2v) is 4.72. The number of carboxylic acids is 1. The standard InChI is InChI=1S/C14H14N2O3/c17-14(18)12-7-11(15-16-12)10-3-1-2-4-13(10)19-8-9-5-6-9/h1-4,7,9H,5-6,8H2,(H,15,16)(H,17,18). The molecule has 5 nitrogen and oxygen atoms in total. The third-order valence-corrected chi connectivity index (χ3v) is 3.14. The van der Waals surface area contributed by atoms with Gasteiger partial charge in [0.25, 0.3) is 0 Å². The van der Waals surface area contributed by atoms with Gasteiger partial charge in [0.2, 0.25) is 0 Å². The predicted molar refractivity (Wildman–Crippen MR) is 69.2 cm³/mol. The van der Waals surface area contributed by atoms with Gasteiger partial charge in [-0.05, 0) is 37.0 Å². The molecule has 1 aliphatic carbocycles. The first-order valence-electron chi connectivity index (χ1n) is 6.25. The minimum atomic E-state index is -1.02. The molecule has 0 saturated heterocycles. The highest BCUT2D eigenvalue weighted by Gasteiger charge is 2.22. The molecule has 19 heavy (non-hydrogen) atoms. The van der Waals surface area contributed by atoms with Crippen LogP contribution in [0.15, 0.2) is 30.3 Å². The van der Waals surface area contributed by atoms with Gasteiger partial charge in [0.05, 0.1) is 12.3 Å². The Kier molecular flexibility index (Phi) is 2.95. The van der Waals surface area contributed by atoms with Crippen LogP contribution < -0.4 is 4.74 Å². The van der Waals surface area contributed by atoms with Crippen molar-refractivity contribution in [1.29, 1.82) is 0 Å². The van der Waals surface area contributed by atoms with Gasteiger partial charge in [0, 0.05) is 5.56 Å². The van der Waals surface area contributed by atoms with Crippen molar-refractivity contribution in [3.63, 3.8) is 0 Å². The van der Waals surface area contributed by atoms with Gasteiger partial charge in [0.15, 0.2) is 0 Å². The number of ether oxygens (including phenoxy) is 1. The van der Waals surface area contributed by atoms with Crippen LogP contribution in [-0.2, 0) is 0 Å². The molecule has 0 unspecified atom stereocenters. The summed E-state index contributed by atoms with van der Waals surface area (Å²) in [4.78, 5) is 10.9. The van der Waals surface area contributed by atoms with Crippen molar-refractivity contribution in [3.8, 4) is 17.0 Å². The van der Waals surface area contributed by atoms with E-state index in [0.29, 0.717) is 18.2 Å². The Balaban J connectivity index is 1.86. The highest BCUT2D eigenvalue weighted by Crippen LogP contribution is 2.33. The molecular formula is C14H14N2O3. The second-order valence-electron chi connectivity index (χ2n) is 4.72. The maximum atomic E-state index is 10.9. The van der Waals surface area contributed by atoms with Crippen molar-refractivity contribution < 1.29 is 14.6 Å². The number of rotatable bonds is 5.